The number of furan rings is 1. The molecule has 0 radical (unpaired) electrons. The molecule has 1 aliphatic rings. The molecule has 2 aromatic rings. The second kappa shape index (κ2) is 7.77. The topological polar surface area (TPSA) is 107 Å². The quantitative estimate of drug-likeness (QED) is 0.619. The summed E-state index contributed by atoms with van der Waals surface area (Å²) in [7, 11) is 0. The van der Waals surface area contributed by atoms with Gasteiger partial charge in [0.2, 0.25) is 5.76 Å². The van der Waals surface area contributed by atoms with Crippen LogP contribution in [0.3, 0.4) is 0 Å². The van der Waals surface area contributed by atoms with Crippen molar-refractivity contribution < 1.29 is 28.3 Å². The monoisotopic (exact) mass is 370 g/mol. The van der Waals surface area contributed by atoms with Gasteiger partial charge in [0.25, 0.3) is 0 Å². The van der Waals surface area contributed by atoms with E-state index in [4.69, 9.17) is 13.9 Å². The minimum atomic E-state index is -0.736. The Kier molecular flexibility index (Phi) is 5.25. The van der Waals surface area contributed by atoms with Crippen LogP contribution < -0.4 is 15.4 Å². The lowest BCUT2D eigenvalue weighted by atomic mass is 9.95. The number of hydrogen-bond acceptors (Lipinski definition) is 6. The van der Waals surface area contributed by atoms with Gasteiger partial charge in [-0.15, -0.1) is 0 Å². The third-order valence-corrected chi connectivity index (χ3v) is 3.89. The summed E-state index contributed by atoms with van der Waals surface area (Å²) in [5, 5.41) is 5.26. The van der Waals surface area contributed by atoms with Crippen molar-refractivity contribution in [3.63, 3.8) is 0 Å². The van der Waals surface area contributed by atoms with E-state index in [1.54, 1.807) is 44.2 Å². The summed E-state index contributed by atoms with van der Waals surface area (Å²) in [6.07, 6.45) is 1.37. The summed E-state index contributed by atoms with van der Waals surface area (Å²) in [5.74, 6) is -0.865. The van der Waals surface area contributed by atoms with Crippen molar-refractivity contribution in [3.8, 4) is 5.75 Å². The molecule has 2 N–H and O–H groups in total. The van der Waals surface area contributed by atoms with Crippen LogP contribution in [0.1, 0.15) is 36.0 Å². The molecule has 1 unspecified atom stereocenters. The van der Waals surface area contributed by atoms with Gasteiger partial charge in [0, 0.05) is 5.70 Å². The Balaban J connectivity index is 1.90. The maximum Gasteiger partial charge on any atom is 0.379 e. The lowest BCUT2D eigenvalue weighted by Crippen LogP contribution is -2.45. The summed E-state index contributed by atoms with van der Waals surface area (Å²) in [4.78, 5) is 36.3. The fraction of sp³-hybridized carbons (Fsp3) is 0.211. The van der Waals surface area contributed by atoms with Gasteiger partial charge in [-0.3, -0.25) is 0 Å². The van der Waals surface area contributed by atoms with Gasteiger partial charge >= 0.3 is 18.0 Å². The smallest absolute Gasteiger partial charge is 0.379 e. The molecule has 0 fully saturated rings. The van der Waals surface area contributed by atoms with Gasteiger partial charge < -0.3 is 24.5 Å². The first-order valence-corrected chi connectivity index (χ1v) is 8.30. The van der Waals surface area contributed by atoms with Crippen LogP contribution in [0.5, 0.6) is 5.75 Å². The zero-order chi connectivity index (χ0) is 19.4. The van der Waals surface area contributed by atoms with Crippen molar-refractivity contribution in [1.29, 1.82) is 0 Å². The van der Waals surface area contributed by atoms with Crippen LogP contribution >= 0.6 is 0 Å². The number of ether oxygens (including phenoxy) is 2. The van der Waals surface area contributed by atoms with Gasteiger partial charge in [0.05, 0.1) is 24.5 Å². The molecule has 1 aliphatic heterocycles. The zero-order valence-electron chi connectivity index (χ0n) is 14.8. The van der Waals surface area contributed by atoms with Crippen molar-refractivity contribution in [2.24, 2.45) is 0 Å². The predicted molar refractivity (Wildman–Crippen MR) is 93.8 cm³/mol. The summed E-state index contributed by atoms with van der Waals surface area (Å²) in [6, 6.07) is 8.43. The summed E-state index contributed by atoms with van der Waals surface area (Å²) < 4.78 is 15.4. The van der Waals surface area contributed by atoms with Crippen LogP contribution in [0.4, 0.5) is 4.79 Å². The molecular formula is C19H18N2O6. The standard InChI is InChI=1S/C19H18N2O6/c1-3-25-18(23)15-11(2)20-19(24)21-16(15)12-6-4-7-13(10-12)27-17(22)14-8-5-9-26-14/h4-10,16H,3H2,1-2H3,(H2,20,21,24). The number of nitrogens with one attached hydrogen (secondary N) is 2. The minimum absolute atomic E-state index is 0.0681. The number of rotatable bonds is 5. The van der Waals surface area contributed by atoms with E-state index in [2.05, 4.69) is 10.6 Å². The molecule has 1 aromatic carbocycles. The number of amides is 2. The first-order chi connectivity index (χ1) is 13.0. The second-order valence-corrected chi connectivity index (χ2v) is 5.73. The predicted octanol–water partition coefficient (Wildman–Crippen LogP) is 2.69. The number of allylic oxidation sites excluding steroid dienone is 1. The number of urea groups is 1. The molecule has 8 heteroatoms. The highest BCUT2D eigenvalue weighted by atomic mass is 16.5. The van der Waals surface area contributed by atoms with E-state index >= 15 is 0 Å². The molecule has 1 atom stereocenters. The maximum absolute atomic E-state index is 12.3. The van der Waals surface area contributed by atoms with Crippen LogP contribution in [0.25, 0.3) is 0 Å². The van der Waals surface area contributed by atoms with Gasteiger partial charge in [0.15, 0.2) is 0 Å². The average molecular weight is 370 g/mol. The molecule has 0 saturated heterocycles. The van der Waals surface area contributed by atoms with Crippen molar-refractivity contribution >= 4 is 18.0 Å². The summed E-state index contributed by atoms with van der Waals surface area (Å²) in [5.41, 5.74) is 1.25. The van der Waals surface area contributed by atoms with E-state index in [9.17, 15) is 14.4 Å². The summed E-state index contributed by atoms with van der Waals surface area (Å²) in [6.45, 7) is 3.53. The minimum Gasteiger partial charge on any atom is -0.463 e. The number of benzene rings is 1. The highest BCUT2D eigenvalue weighted by Gasteiger charge is 2.32. The van der Waals surface area contributed by atoms with E-state index in [1.807, 2.05) is 0 Å². The molecular weight excluding hydrogens is 352 g/mol. The normalized spacial score (nSPS) is 16.4. The Morgan fingerprint density at radius 3 is 2.70 bits per heavy atom. The number of carbonyl (C=O) groups excluding carboxylic acids is 3. The van der Waals surface area contributed by atoms with E-state index in [0.29, 0.717) is 11.3 Å². The highest BCUT2D eigenvalue weighted by molar-refractivity contribution is 5.95. The second-order valence-electron chi connectivity index (χ2n) is 5.73. The van der Waals surface area contributed by atoms with Crippen LogP contribution in [0.2, 0.25) is 0 Å². The third kappa shape index (κ3) is 4.00. The van der Waals surface area contributed by atoms with Crippen LogP contribution in [0.15, 0.2) is 58.3 Å². The number of esters is 2. The van der Waals surface area contributed by atoms with Crippen molar-refractivity contribution in [1.82, 2.24) is 10.6 Å². The molecule has 0 aliphatic carbocycles. The van der Waals surface area contributed by atoms with Crippen molar-refractivity contribution in [2.75, 3.05) is 6.61 Å². The molecule has 0 spiro atoms. The zero-order valence-corrected chi connectivity index (χ0v) is 14.8. The fourth-order valence-electron chi connectivity index (χ4n) is 2.73. The average Bonchev–Trinajstić information content (AvgIpc) is 3.16. The molecule has 0 bridgehead atoms. The first-order valence-electron chi connectivity index (χ1n) is 8.30. The summed E-state index contributed by atoms with van der Waals surface area (Å²) >= 11 is 0. The highest BCUT2D eigenvalue weighted by Crippen LogP contribution is 2.29. The molecule has 2 heterocycles. The SMILES string of the molecule is CCOC(=O)C1=C(C)NC(=O)NC1c1cccc(OC(=O)c2ccco2)c1. The van der Waals surface area contributed by atoms with Crippen LogP contribution in [-0.4, -0.2) is 24.6 Å². The Hall–Kier alpha value is -3.55. The molecule has 140 valence electrons. The fourth-order valence-corrected chi connectivity index (χ4v) is 2.73. The van der Waals surface area contributed by atoms with E-state index in [0.717, 1.165) is 0 Å². The molecule has 1 aromatic heterocycles. The Labute approximate surface area is 155 Å². The van der Waals surface area contributed by atoms with Crippen molar-refractivity contribution in [2.45, 2.75) is 19.9 Å². The molecule has 8 nitrogen and oxygen atoms in total. The van der Waals surface area contributed by atoms with Gasteiger partial charge in [-0.1, -0.05) is 12.1 Å². The Morgan fingerprint density at radius 1 is 1.19 bits per heavy atom. The first kappa shape index (κ1) is 18.2. The third-order valence-electron chi connectivity index (χ3n) is 3.89. The van der Waals surface area contributed by atoms with Gasteiger partial charge in [-0.2, -0.15) is 0 Å². The van der Waals surface area contributed by atoms with Gasteiger partial charge in [-0.05, 0) is 43.7 Å². The van der Waals surface area contributed by atoms with Crippen LogP contribution in [0, 0.1) is 0 Å². The van der Waals surface area contributed by atoms with E-state index in [-0.39, 0.29) is 23.7 Å². The molecule has 0 saturated carbocycles. The van der Waals surface area contributed by atoms with Gasteiger partial charge in [0.1, 0.15) is 5.75 Å². The lowest BCUT2D eigenvalue weighted by Gasteiger charge is -2.28. The lowest BCUT2D eigenvalue weighted by molar-refractivity contribution is -0.139. The molecule has 27 heavy (non-hydrogen) atoms. The van der Waals surface area contributed by atoms with E-state index in [1.165, 1.54) is 12.3 Å². The Bertz CT molecular complexity index is 901. The molecule has 2 amide bonds. The van der Waals surface area contributed by atoms with Crippen LogP contribution in [-0.2, 0) is 9.53 Å². The number of hydrogen-bond donors (Lipinski definition) is 2. The largest absolute Gasteiger partial charge is 0.463 e. The van der Waals surface area contributed by atoms with Gasteiger partial charge in [-0.25, -0.2) is 14.4 Å². The van der Waals surface area contributed by atoms with Crippen molar-refractivity contribution in [3.05, 3.63) is 65.3 Å². The number of carbonyl (C=O) groups is 3. The van der Waals surface area contributed by atoms with E-state index < -0.39 is 24.0 Å². The Morgan fingerprint density at radius 2 is 2.00 bits per heavy atom. The maximum atomic E-state index is 12.3. The molecule has 3 rings (SSSR count).